The van der Waals surface area contributed by atoms with Gasteiger partial charge in [0.15, 0.2) is 0 Å². The van der Waals surface area contributed by atoms with Gasteiger partial charge in [-0.05, 0) is 49.2 Å². The minimum atomic E-state index is -0.852. The fraction of sp³-hybridized carbons (Fsp3) is 0.316. The minimum Gasteiger partial charge on any atom is -0.493 e. The summed E-state index contributed by atoms with van der Waals surface area (Å²) in [5, 5.41) is 0. The molecule has 2 aromatic rings. The number of nitrogens with zero attached hydrogens (tertiary/aromatic N) is 1. The van der Waals surface area contributed by atoms with Crippen LogP contribution in [0.15, 0.2) is 42.5 Å². The van der Waals surface area contributed by atoms with Gasteiger partial charge in [0.05, 0.1) is 12.2 Å². The lowest BCUT2D eigenvalue weighted by Crippen LogP contribution is -2.41. The van der Waals surface area contributed by atoms with Crippen molar-refractivity contribution in [1.29, 1.82) is 0 Å². The van der Waals surface area contributed by atoms with Gasteiger partial charge < -0.3 is 9.64 Å². The molecule has 6 heteroatoms. The standard InChI is InChI=1S/C19H18F3NO2/c20-14-3-6-16(7-4-14)25-12-13-2-1-9-23(11-13)19(24)17-8-5-15(21)10-18(17)22/h3-8,10,13H,1-2,9,11-12H2/t13-/m0/s1. The van der Waals surface area contributed by atoms with Crippen molar-refractivity contribution in [3.8, 4) is 5.75 Å². The highest BCUT2D eigenvalue weighted by atomic mass is 19.1. The van der Waals surface area contributed by atoms with Crippen LogP contribution < -0.4 is 4.74 Å². The molecule has 0 unspecified atom stereocenters. The number of halogens is 3. The summed E-state index contributed by atoms with van der Waals surface area (Å²) >= 11 is 0. The van der Waals surface area contributed by atoms with E-state index in [-0.39, 0.29) is 17.3 Å². The average Bonchev–Trinajstić information content (AvgIpc) is 2.61. The van der Waals surface area contributed by atoms with Crippen LogP contribution in [0, 0.1) is 23.4 Å². The molecule has 132 valence electrons. The molecule has 0 aromatic heterocycles. The number of rotatable bonds is 4. The number of hydrogen-bond acceptors (Lipinski definition) is 2. The molecule has 0 radical (unpaired) electrons. The summed E-state index contributed by atoms with van der Waals surface area (Å²) in [7, 11) is 0. The molecule has 0 bridgehead atoms. The maximum absolute atomic E-state index is 13.8. The van der Waals surface area contributed by atoms with Gasteiger partial charge >= 0.3 is 0 Å². The maximum Gasteiger partial charge on any atom is 0.256 e. The van der Waals surface area contributed by atoms with E-state index in [1.807, 2.05) is 0 Å². The quantitative estimate of drug-likeness (QED) is 0.834. The first-order valence-corrected chi connectivity index (χ1v) is 8.15. The van der Waals surface area contributed by atoms with Crippen LogP contribution in [0.3, 0.4) is 0 Å². The van der Waals surface area contributed by atoms with Gasteiger partial charge in [0.2, 0.25) is 0 Å². The van der Waals surface area contributed by atoms with Gasteiger partial charge in [-0.25, -0.2) is 13.2 Å². The first-order valence-electron chi connectivity index (χ1n) is 8.15. The van der Waals surface area contributed by atoms with Gasteiger partial charge in [0.1, 0.15) is 23.2 Å². The number of carbonyl (C=O) groups is 1. The number of piperidine rings is 1. The Balaban J connectivity index is 1.60. The number of benzene rings is 2. The summed E-state index contributed by atoms with van der Waals surface area (Å²) in [5.74, 6) is -1.67. The zero-order valence-corrected chi connectivity index (χ0v) is 13.6. The van der Waals surface area contributed by atoms with Crippen molar-refractivity contribution in [2.75, 3.05) is 19.7 Å². The summed E-state index contributed by atoms with van der Waals surface area (Å²) in [6, 6.07) is 8.71. The highest BCUT2D eigenvalue weighted by molar-refractivity contribution is 5.94. The first kappa shape index (κ1) is 17.3. The highest BCUT2D eigenvalue weighted by Crippen LogP contribution is 2.22. The second-order valence-electron chi connectivity index (χ2n) is 6.15. The number of ether oxygens (including phenoxy) is 1. The molecule has 1 heterocycles. The van der Waals surface area contributed by atoms with Crippen molar-refractivity contribution >= 4 is 5.91 Å². The highest BCUT2D eigenvalue weighted by Gasteiger charge is 2.26. The van der Waals surface area contributed by atoms with Crippen LogP contribution in [-0.2, 0) is 0 Å². The average molecular weight is 349 g/mol. The Morgan fingerprint density at radius 1 is 1.08 bits per heavy atom. The van der Waals surface area contributed by atoms with E-state index in [2.05, 4.69) is 0 Å². The third-order valence-corrected chi connectivity index (χ3v) is 4.27. The topological polar surface area (TPSA) is 29.5 Å². The van der Waals surface area contributed by atoms with E-state index in [9.17, 15) is 18.0 Å². The van der Waals surface area contributed by atoms with Crippen molar-refractivity contribution in [3.63, 3.8) is 0 Å². The molecule has 0 N–H and O–H groups in total. The Hall–Kier alpha value is -2.50. The molecule has 1 aliphatic rings. The number of likely N-dealkylation sites (tertiary alicyclic amines) is 1. The molecule has 3 rings (SSSR count). The fourth-order valence-corrected chi connectivity index (χ4v) is 2.96. The molecule has 1 fully saturated rings. The normalized spacial score (nSPS) is 17.4. The Morgan fingerprint density at radius 2 is 1.80 bits per heavy atom. The molecule has 1 aliphatic heterocycles. The Kier molecular flexibility index (Phi) is 5.26. The van der Waals surface area contributed by atoms with E-state index in [0.717, 1.165) is 18.9 Å². The Bertz CT molecular complexity index is 749. The van der Waals surface area contributed by atoms with E-state index in [0.29, 0.717) is 31.5 Å². The maximum atomic E-state index is 13.8. The lowest BCUT2D eigenvalue weighted by atomic mass is 9.98. The summed E-state index contributed by atoms with van der Waals surface area (Å²) < 4.78 is 45.3. The molecule has 0 aliphatic carbocycles. The number of amides is 1. The zero-order chi connectivity index (χ0) is 17.8. The van der Waals surface area contributed by atoms with Crippen molar-refractivity contribution in [2.24, 2.45) is 5.92 Å². The van der Waals surface area contributed by atoms with Crippen LogP contribution in [-0.4, -0.2) is 30.5 Å². The van der Waals surface area contributed by atoms with Crippen LogP contribution in [0.5, 0.6) is 5.75 Å². The van der Waals surface area contributed by atoms with Crippen LogP contribution >= 0.6 is 0 Å². The van der Waals surface area contributed by atoms with E-state index < -0.39 is 17.5 Å². The predicted octanol–water partition coefficient (Wildman–Crippen LogP) is 4.04. The molecule has 1 atom stereocenters. The third kappa shape index (κ3) is 4.32. The Labute approximate surface area is 144 Å². The monoisotopic (exact) mass is 349 g/mol. The molecule has 0 spiro atoms. The predicted molar refractivity (Wildman–Crippen MR) is 86.9 cm³/mol. The summed E-state index contributed by atoms with van der Waals surface area (Å²) in [6.07, 6.45) is 1.67. The van der Waals surface area contributed by atoms with Gasteiger partial charge in [-0.2, -0.15) is 0 Å². The van der Waals surface area contributed by atoms with Gasteiger partial charge in [-0.1, -0.05) is 0 Å². The van der Waals surface area contributed by atoms with Crippen LogP contribution in [0.1, 0.15) is 23.2 Å². The molecular formula is C19H18F3NO2. The van der Waals surface area contributed by atoms with E-state index >= 15 is 0 Å². The molecule has 25 heavy (non-hydrogen) atoms. The molecule has 0 saturated carbocycles. The van der Waals surface area contributed by atoms with Crippen LogP contribution in [0.25, 0.3) is 0 Å². The largest absolute Gasteiger partial charge is 0.493 e. The summed E-state index contributed by atoms with van der Waals surface area (Å²) in [5.41, 5.74) is -0.124. The summed E-state index contributed by atoms with van der Waals surface area (Å²) in [6.45, 7) is 1.36. The zero-order valence-electron chi connectivity index (χ0n) is 13.6. The molecule has 1 amide bonds. The van der Waals surface area contributed by atoms with Gasteiger partial charge in [-0.3, -0.25) is 4.79 Å². The van der Waals surface area contributed by atoms with Crippen molar-refractivity contribution in [2.45, 2.75) is 12.8 Å². The first-order chi connectivity index (χ1) is 12.0. The Morgan fingerprint density at radius 3 is 2.52 bits per heavy atom. The van der Waals surface area contributed by atoms with Crippen molar-refractivity contribution in [3.05, 3.63) is 65.5 Å². The van der Waals surface area contributed by atoms with E-state index in [4.69, 9.17) is 4.74 Å². The minimum absolute atomic E-state index is 0.103. The van der Waals surface area contributed by atoms with Crippen molar-refractivity contribution in [1.82, 2.24) is 4.90 Å². The van der Waals surface area contributed by atoms with Gasteiger partial charge in [-0.15, -0.1) is 0 Å². The van der Waals surface area contributed by atoms with Gasteiger partial charge in [0, 0.05) is 25.1 Å². The summed E-state index contributed by atoms with van der Waals surface area (Å²) in [4.78, 5) is 14.0. The fourth-order valence-electron chi connectivity index (χ4n) is 2.96. The molecular weight excluding hydrogens is 331 g/mol. The molecule has 1 saturated heterocycles. The SMILES string of the molecule is O=C(c1ccc(F)cc1F)N1CCC[C@H](COc2ccc(F)cc2)C1. The third-order valence-electron chi connectivity index (χ3n) is 4.27. The van der Waals surface area contributed by atoms with E-state index in [1.54, 1.807) is 17.0 Å². The van der Waals surface area contributed by atoms with Crippen LogP contribution in [0.2, 0.25) is 0 Å². The molecule has 2 aromatic carbocycles. The number of hydrogen-bond donors (Lipinski definition) is 0. The number of carbonyl (C=O) groups excluding carboxylic acids is 1. The smallest absolute Gasteiger partial charge is 0.256 e. The lowest BCUT2D eigenvalue weighted by Gasteiger charge is -2.32. The van der Waals surface area contributed by atoms with Crippen LogP contribution in [0.4, 0.5) is 13.2 Å². The van der Waals surface area contributed by atoms with Gasteiger partial charge in [0.25, 0.3) is 5.91 Å². The van der Waals surface area contributed by atoms with E-state index in [1.165, 1.54) is 18.2 Å². The second kappa shape index (κ2) is 7.59. The lowest BCUT2D eigenvalue weighted by molar-refractivity contribution is 0.0628. The second-order valence-corrected chi connectivity index (χ2v) is 6.15. The molecule has 3 nitrogen and oxygen atoms in total. The van der Waals surface area contributed by atoms with Crippen molar-refractivity contribution < 1.29 is 22.7 Å².